The Hall–Kier alpha value is -1.36. The standard InChI is InChI=1S/C21H22ClNO2.BrH/c1-2-11-23-12-9-21(10-13-23)17-5-3-4-6-19(17)25-18-8-7-15(22)14-16(18)20(21)24;/h3-8,14H,2,9-13H2,1H3;1H. The van der Waals surface area contributed by atoms with Gasteiger partial charge in [-0.1, -0.05) is 36.7 Å². The van der Waals surface area contributed by atoms with Crippen molar-refractivity contribution in [3.63, 3.8) is 0 Å². The average molecular weight is 437 g/mol. The fourth-order valence-corrected chi connectivity index (χ4v) is 4.36. The molecule has 4 rings (SSSR count). The molecule has 0 aliphatic carbocycles. The summed E-state index contributed by atoms with van der Waals surface area (Å²) in [6.07, 6.45) is 2.77. The number of carbonyl (C=O) groups is 1. The molecule has 26 heavy (non-hydrogen) atoms. The van der Waals surface area contributed by atoms with E-state index in [-0.39, 0.29) is 22.8 Å². The maximum Gasteiger partial charge on any atom is 0.177 e. The number of ketones is 1. The molecule has 2 aliphatic heterocycles. The molecule has 0 bridgehead atoms. The molecule has 0 aromatic heterocycles. The first-order valence-electron chi connectivity index (χ1n) is 8.98. The monoisotopic (exact) mass is 435 g/mol. The summed E-state index contributed by atoms with van der Waals surface area (Å²) in [6.45, 7) is 5.15. The molecular weight excluding hydrogens is 414 g/mol. The highest BCUT2D eigenvalue weighted by Gasteiger charge is 2.47. The van der Waals surface area contributed by atoms with Crippen molar-refractivity contribution in [2.75, 3.05) is 19.6 Å². The number of carbonyl (C=O) groups excluding carboxylic acids is 1. The molecule has 0 saturated carbocycles. The summed E-state index contributed by atoms with van der Waals surface area (Å²) in [5.74, 6) is 1.54. The Labute approximate surface area is 170 Å². The highest BCUT2D eigenvalue weighted by molar-refractivity contribution is 8.93. The van der Waals surface area contributed by atoms with Gasteiger partial charge in [-0.3, -0.25) is 4.79 Å². The maximum atomic E-state index is 13.6. The van der Waals surface area contributed by atoms with Crippen LogP contribution in [0.4, 0.5) is 0 Å². The van der Waals surface area contributed by atoms with Gasteiger partial charge in [-0.2, -0.15) is 0 Å². The second-order valence-electron chi connectivity index (χ2n) is 6.99. The van der Waals surface area contributed by atoms with E-state index in [9.17, 15) is 4.79 Å². The van der Waals surface area contributed by atoms with Gasteiger partial charge >= 0.3 is 0 Å². The number of benzene rings is 2. The number of piperidine rings is 1. The third-order valence-corrected chi connectivity index (χ3v) is 5.73. The van der Waals surface area contributed by atoms with E-state index >= 15 is 0 Å². The van der Waals surface area contributed by atoms with Gasteiger partial charge in [-0.25, -0.2) is 0 Å². The molecule has 1 fully saturated rings. The van der Waals surface area contributed by atoms with Crippen LogP contribution in [0, 0.1) is 0 Å². The van der Waals surface area contributed by atoms with Crippen molar-refractivity contribution in [2.45, 2.75) is 31.6 Å². The van der Waals surface area contributed by atoms with Crippen LogP contribution in [0.15, 0.2) is 42.5 Å². The highest BCUT2D eigenvalue weighted by atomic mass is 79.9. The summed E-state index contributed by atoms with van der Waals surface area (Å²) in [4.78, 5) is 16.1. The minimum Gasteiger partial charge on any atom is -0.456 e. The van der Waals surface area contributed by atoms with Crippen molar-refractivity contribution >= 4 is 34.4 Å². The Bertz CT molecular complexity index is 815. The Morgan fingerprint density at radius 1 is 1.12 bits per heavy atom. The van der Waals surface area contributed by atoms with Crippen LogP contribution >= 0.6 is 28.6 Å². The van der Waals surface area contributed by atoms with Crippen molar-refractivity contribution in [3.8, 4) is 11.5 Å². The number of para-hydroxylation sites is 1. The van der Waals surface area contributed by atoms with Gasteiger partial charge in [0.05, 0.1) is 11.0 Å². The predicted octanol–water partition coefficient (Wildman–Crippen LogP) is 5.65. The number of halogens is 2. The van der Waals surface area contributed by atoms with E-state index < -0.39 is 5.41 Å². The molecule has 2 aromatic rings. The van der Waals surface area contributed by atoms with Crippen LogP contribution in [0.1, 0.15) is 42.1 Å². The number of nitrogens with zero attached hydrogens (tertiary/aromatic N) is 1. The molecule has 1 saturated heterocycles. The molecule has 0 unspecified atom stereocenters. The number of hydrogen-bond acceptors (Lipinski definition) is 3. The minimum atomic E-state index is -0.517. The SMILES string of the molecule is Br.CCCN1CCC2(CC1)C(=O)c1cc(Cl)ccc1Oc1ccccc12. The van der Waals surface area contributed by atoms with Crippen LogP contribution in [0.3, 0.4) is 0 Å². The molecule has 0 atom stereocenters. The van der Waals surface area contributed by atoms with Gasteiger partial charge in [0.15, 0.2) is 5.78 Å². The smallest absolute Gasteiger partial charge is 0.177 e. The van der Waals surface area contributed by atoms with Crippen molar-refractivity contribution in [1.82, 2.24) is 4.90 Å². The largest absolute Gasteiger partial charge is 0.456 e. The van der Waals surface area contributed by atoms with Gasteiger partial charge in [0.1, 0.15) is 11.5 Å². The van der Waals surface area contributed by atoms with E-state index in [4.69, 9.17) is 16.3 Å². The van der Waals surface area contributed by atoms with Gasteiger partial charge in [0, 0.05) is 10.6 Å². The molecule has 5 heteroatoms. The van der Waals surface area contributed by atoms with E-state index in [0.717, 1.165) is 50.2 Å². The summed E-state index contributed by atoms with van der Waals surface area (Å²) in [5, 5.41) is 0.570. The van der Waals surface area contributed by atoms with E-state index in [1.807, 2.05) is 18.2 Å². The van der Waals surface area contributed by atoms with Crippen molar-refractivity contribution < 1.29 is 9.53 Å². The zero-order chi connectivity index (χ0) is 17.4. The van der Waals surface area contributed by atoms with E-state index in [1.54, 1.807) is 18.2 Å². The van der Waals surface area contributed by atoms with Gasteiger partial charge in [-0.15, -0.1) is 17.0 Å². The Kier molecular flexibility index (Phi) is 5.75. The van der Waals surface area contributed by atoms with E-state index in [0.29, 0.717) is 16.3 Å². The van der Waals surface area contributed by atoms with Crippen molar-refractivity contribution in [1.29, 1.82) is 0 Å². The normalized spacial score (nSPS) is 18.3. The summed E-state index contributed by atoms with van der Waals surface area (Å²) >= 11 is 6.18. The zero-order valence-corrected chi connectivity index (χ0v) is 17.3. The van der Waals surface area contributed by atoms with Crippen LogP contribution in [0.5, 0.6) is 11.5 Å². The molecule has 1 spiro atoms. The second-order valence-corrected chi connectivity index (χ2v) is 7.43. The van der Waals surface area contributed by atoms with Gasteiger partial charge in [0.25, 0.3) is 0 Å². The van der Waals surface area contributed by atoms with Gasteiger partial charge in [0.2, 0.25) is 0 Å². The number of hydrogen-bond donors (Lipinski definition) is 0. The lowest BCUT2D eigenvalue weighted by Crippen LogP contribution is -2.47. The van der Waals surface area contributed by atoms with Gasteiger partial charge < -0.3 is 9.64 Å². The maximum absolute atomic E-state index is 13.6. The first-order valence-corrected chi connectivity index (χ1v) is 9.36. The van der Waals surface area contributed by atoms with Gasteiger partial charge in [-0.05, 0) is 63.2 Å². The zero-order valence-electron chi connectivity index (χ0n) is 14.8. The lowest BCUT2D eigenvalue weighted by molar-refractivity contribution is 0.0773. The summed E-state index contributed by atoms with van der Waals surface area (Å²) in [7, 11) is 0. The van der Waals surface area contributed by atoms with E-state index in [1.165, 1.54) is 0 Å². The quantitative estimate of drug-likeness (QED) is 0.609. The summed E-state index contributed by atoms with van der Waals surface area (Å²) < 4.78 is 6.14. The van der Waals surface area contributed by atoms with Crippen LogP contribution in [0.2, 0.25) is 5.02 Å². The Morgan fingerprint density at radius 2 is 1.85 bits per heavy atom. The molecule has 3 nitrogen and oxygen atoms in total. The average Bonchev–Trinajstić information content (AvgIpc) is 2.72. The summed E-state index contributed by atoms with van der Waals surface area (Å²) in [6, 6.07) is 13.3. The molecule has 0 amide bonds. The lowest BCUT2D eigenvalue weighted by Gasteiger charge is -2.40. The van der Waals surface area contributed by atoms with Crippen molar-refractivity contribution in [2.24, 2.45) is 0 Å². The topological polar surface area (TPSA) is 29.5 Å². The van der Waals surface area contributed by atoms with Crippen LogP contribution < -0.4 is 4.74 Å². The number of likely N-dealkylation sites (tertiary alicyclic amines) is 1. The lowest BCUT2D eigenvalue weighted by atomic mass is 9.68. The molecule has 138 valence electrons. The second kappa shape index (κ2) is 7.71. The molecule has 2 heterocycles. The molecule has 0 radical (unpaired) electrons. The Balaban J connectivity index is 0.00000196. The predicted molar refractivity (Wildman–Crippen MR) is 110 cm³/mol. The number of ether oxygens (including phenoxy) is 1. The third-order valence-electron chi connectivity index (χ3n) is 5.49. The fraction of sp³-hybridized carbons (Fsp3) is 0.381. The van der Waals surface area contributed by atoms with Crippen LogP contribution in [0.25, 0.3) is 0 Å². The molecule has 2 aliphatic rings. The Morgan fingerprint density at radius 3 is 2.58 bits per heavy atom. The fourth-order valence-electron chi connectivity index (χ4n) is 4.19. The number of Topliss-reactive ketones (excluding diaryl/α,β-unsaturated/α-hetero) is 1. The molecule has 2 aromatic carbocycles. The minimum absolute atomic E-state index is 0. The van der Waals surface area contributed by atoms with Crippen LogP contribution in [-0.2, 0) is 5.41 Å². The molecular formula is C21H23BrClNO2. The third kappa shape index (κ3) is 3.19. The van der Waals surface area contributed by atoms with Crippen molar-refractivity contribution in [3.05, 3.63) is 58.6 Å². The first kappa shape index (κ1) is 19.4. The molecule has 0 N–H and O–H groups in total. The first-order chi connectivity index (χ1) is 12.1. The highest BCUT2D eigenvalue weighted by Crippen LogP contribution is 2.48. The summed E-state index contributed by atoms with van der Waals surface area (Å²) in [5.41, 5.74) is 1.10. The van der Waals surface area contributed by atoms with Crippen LogP contribution in [-0.4, -0.2) is 30.3 Å². The number of rotatable bonds is 2. The number of fused-ring (bicyclic) bond motifs is 3. The van der Waals surface area contributed by atoms with E-state index in [2.05, 4.69) is 17.9 Å².